The Morgan fingerprint density at radius 2 is 2.16 bits per heavy atom. The number of aromatic nitrogens is 3. The van der Waals surface area contributed by atoms with Gasteiger partial charge >= 0.3 is 5.69 Å². The zero-order valence-corrected chi connectivity index (χ0v) is 11.5. The minimum Gasteiger partial charge on any atom is -0.360 e. The lowest BCUT2D eigenvalue weighted by molar-refractivity contribution is 0.226. The van der Waals surface area contributed by atoms with Crippen molar-refractivity contribution in [3.63, 3.8) is 0 Å². The monoisotopic (exact) mass is 267 g/mol. The molecule has 19 heavy (non-hydrogen) atoms. The van der Waals surface area contributed by atoms with Gasteiger partial charge in [-0.25, -0.2) is 9.89 Å². The van der Waals surface area contributed by atoms with Crippen LogP contribution in [0.5, 0.6) is 0 Å². The maximum absolute atomic E-state index is 12.0. The number of rotatable bonds is 4. The molecule has 1 saturated heterocycles. The highest BCUT2D eigenvalue weighted by Gasteiger charge is 2.20. The van der Waals surface area contributed by atoms with E-state index in [9.17, 15) is 9.59 Å². The van der Waals surface area contributed by atoms with E-state index in [-0.39, 0.29) is 17.4 Å². The molecule has 0 unspecified atom stereocenters. The smallest absolute Gasteiger partial charge is 0.344 e. The second-order valence-electron chi connectivity index (χ2n) is 4.80. The summed E-state index contributed by atoms with van der Waals surface area (Å²) < 4.78 is 1.15. The van der Waals surface area contributed by atoms with Crippen molar-refractivity contribution < 1.29 is 0 Å². The number of H-pyrrole nitrogens is 1. The van der Waals surface area contributed by atoms with E-state index >= 15 is 0 Å². The molecule has 1 aromatic rings. The summed E-state index contributed by atoms with van der Waals surface area (Å²) in [7, 11) is 0. The van der Waals surface area contributed by atoms with Gasteiger partial charge in [0.1, 0.15) is 0 Å². The summed E-state index contributed by atoms with van der Waals surface area (Å²) in [6, 6.07) is 0.213. The molecule has 0 radical (unpaired) electrons. The summed E-state index contributed by atoms with van der Waals surface area (Å²) in [4.78, 5) is 25.8. The van der Waals surface area contributed by atoms with Crippen LogP contribution < -0.4 is 16.6 Å². The van der Waals surface area contributed by atoms with Gasteiger partial charge in [0.25, 0.3) is 5.56 Å². The number of hydrogen-bond donors (Lipinski definition) is 2. The summed E-state index contributed by atoms with van der Waals surface area (Å²) in [6.45, 7) is 7.26. The van der Waals surface area contributed by atoms with Crippen LogP contribution >= 0.6 is 0 Å². The first-order valence-corrected chi connectivity index (χ1v) is 6.84. The number of hydrogen-bond acceptors (Lipinski definition) is 5. The SMILES string of the molecule is CCN1CCC[C@@H](Nc2n[nH]c(=O)n(CC)c2=O)C1. The molecular weight excluding hydrogens is 246 g/mol. The van der Waals surface area contributed by atoms with Crippen molar-refractivity contribution in [1.82, 2.24) is 19.7 Å². The summed E-state index contributed by atoms with van der Waals surface area (Å²) >= 11 is 0. The van der Waals surface area contributed by atoms with E-state index in [2.05, 4.69) is 27.3 Å². The Labute approximate surface area is 111 Å². The van der Waals surface area contributed by atoms with Crippen molar-refractivity contribution in [2.24, 2.45) is 0 Å². The molecule has 0 saturated carbocycles. The Hall–Kier alpha value is -1.63. The fourth-order valence-electron chi connectivity index (χ4n) is 2.47. The van der Waals surface area contributed by atoms with Gasteiger partial charge in [-0.3, -0.25) is 9.36 Å². The molecule has 1 aromatic heterocycles. The predicted molar refractivity (Wildman–Crippen MR) is 73.6 cm³/mol. The predicted octanol–water partition coefficient (Wildman–Crippen LogP) is -0.152. The number of nitrogens with one attached hydrogen (secondary N) is 2. The molecule has 106 valence electrons. The number of likely N-dealkylation sites (N-methyl/N-ethyl adjacent to an activating group) is 1. The lowest BCUT2D eigenvalue weighted by Gasteiger charge is -2.32. The van der Waals surface area contributed by atoms with Gasteiger partial charge in [0.2, 0.25) is 5.82 Å². The minimum absolute atomic E-state index is 0.213. The van der Waals surface area contributed by atoms with Crippen molar-refractivity contribution in [3.05, 3.63) is 20.8 Å². The van der Waals surface area contributed by atoms with Crippen LogP contribution in [-0.2, 0) is 6.54 Å². The van der Waals surface area contributed by atoms with E-state index in [4.69, 9.17) is 0 Å². The average Bonchev–Trinajstić information content (AvgIpc) is 2.43. The molecule has 0 amide bonds. The average molecular weight is 267 g/mol. The van der Waals surface area contributed by atoms with Gasteiger partial charge in [-0.2, -0.15) is 0 Å². The largest absolute Gasteiger partial charge is 0.360 e. The van der Waals surface area contributed by atoms with Crippen LogP contribution in [0.1, 0.15) is 26.7 Å². The highest BCUT2D eigenvalue weighted by molar-refractivity contribution is 5.31. The highest BCUT2D eigenvalue weighted by atomic mass is 16.2. The van der Waals surface area contributed by atoms with E-state index in [1.54, 1.807) is 6.92 Å². The van der Waals surface area contributed by atoms with Crippen molar-refractivity contribution in [2.45, 2.75) is 39.3 Å². The van der Waals surface area contributed by atoms with E-state index in [1.807, 2.05) is 0 Å². The molecule has 2 N–H and O–H groups in total. The van der Waals surface area contributed by atoms with E-state index in [0.717, 1.165) is 37.0 Å². The van der Waals surface area contributed by atoms with Crippen LogP contribution in [0.3, 0.4) is 0 Å². The molecule has 1 fully saturated rings. The highest BCUT2D eigenvalue weighted by Crippen LogP contribution is 2.12. The van der Waals surface area contributed by atoms with Gasteiger partial charge in [0, 0.05) is 19.1 Å². The third-order valence-electron chi connectivity index (χ3n) is 3.57. The number of anilines is 1. The van der Waals surface area contributed by atoms with Crippen molar-refractivity contribution in [2.75, 3.05) is 25.0 Å². The lowest BCUT2D eigenvalue weighted by atomic mass is 10.1. The van der Waals surface area contributed by atoms with Gasteiger partial charge in [-0.15, -0.1) is 5.10 Å². The second-order valence-corrected chi connectivity index (χ2v) is 4.80. The fourth-order valence-corrected chi connectivity index (χ4v) is 2.47. The van der Waals surface area contributed by atoms with E-state index in [1.165, 1.54) is 0 Å². The number of piperidine rings is 1. The molecule has 7 nitrogen and oxygen atoms in total. The van der Waals surface area contributed by atoms with Crippen molar-refractivity contribution in [3.8, 4) is 0 Å². The number of likely N-dealkylation sites (tertiary alicyclic amines) is 1. The third kappa shape index (κ3) is 3.04. The Kier molecular flexibility index (Phi) is 4.36. The Bertz CT molecular complexity index is 536. The quantitative estimate of drug-likeness (QED) is 0.792. The Morgan fingerprint density at radius 3 is 2.84 bits per heavy atom. The van der Waals surface area contributed by atoms with Gasteiger partial charge in [0.15, 0.2) is 0 Å². The van der Waals surface area contributed by atoms with Gasteiger partial charge < -0.3 is 10.2 Å². The number of nitrogens with zero attached hydrogens (tertiary/aromatic N) is 3. The maximum atomic E-state index is 12.0. The molecule has 0 bridgehead atoms. The van der Waals surface area contributed by atoms with E-state index < -0.39 is 5.69 Å². The third-order valence-corrected chi connectivity index (χ3v) is 3.57. The first kappa shape index (κ1) is 13.8. The Morgan fingerprint density at radius 1 is 1.37 bits per heavy atom. The first-order chi connectivity index (χ1) is 9.15. The van der Waals surface area contributed by atoms with Gasteiger partial charge in [0.05, 0.1) is 0 Å². The van der Waals surface area contributed by atoms with Crippen LogP contribution in [0, 0.1) is 0 Å². The molecule has 0 spiro atoms. The molecule has 2 heterocycles. The minimum atomic E-state index is -0.461. The summed E-state index contributed by atoms with van der Waals surface area (Å²) in [5.74, 6) is 0.240. The van der Waals surface area contributed by atoms with Crippen LogP contribution in [0.25, 0.3) is 0 Å². The molecule has 1 atom stereocenters. The van der Waals surface area contributed by atoms with Crippen LogP contribution in [0.4, 0.5) is 5.82 Å². The van der Waals surface area contributed by atoms with E-state index in [0.29, 0.717) is 6.54 Å². The summed E-state index contributed by atoms with van der Waals surface area (Å²) in [5, 5.41) is 9.35. The zero-order valence-electron chi connectivity index (χ0n) is 11.5. The molecular formula is C12H21N5O2. The summed E-state index contributed by atoms with van der Waals surface area (Å²) in [5.41, 5.74) is -0.809. The van der Waals surface area contributed by atoms with Gasteiger partial charge in [-0.05, 0) is 32.9 Å². The van der Waals surface area contributed by atoms with Crippen molar-refractivity contribution in [1.29, 1.82) is 0 Å². The number of aromatic amines is 1. The molecule has 0 aliphatic carbocycles. The molecule has 1 aliphatic heterocycles. The molecule has 2 rings (SSSR count). The van der Waals surface area contributed by atoms with Crippen LogP contribution in [-0.4, -0.2) is 45.3 Å². The van der Waals surface area contributed by atoms with Crippen LogP contribution in [0.2, 0.25) is 0 Å². The van der Waals surface area contributed by atoms with Gasteiger partial charge in [-0.1, -0.05) is 6.92 Å². The van der Waals surface area contributed by atoms with Crippen molar-refractivity contribution >= 4 is 5.82 Å². The second kappa shape index (κ2) is 6.01. The van der Waals surface area contributed by atoms with Crippen LogP contribution in [0.15, 0.2) is 9.59 Å². The molecule has 0 aromatic carbocycles. The zero-order chi connectivity index (χ0) is 13.8. The topological polar surface area (TPSA) is 83.0 Å². The summed E-state index contributed by atoms with van der Waals surface area (Å²) in [6.07, 6.45) is 2.12. The molecule has 7 heteroatoms. The molecule has 1 aliphatic rings. The first-order valence-electron chi connectivity index (χ1n) is 6.84. The normalized spacial score (nSPS) is 20.4. The standard InChI is InChI=1S/C12H21N5O2/c1-3-16-7-5-6-9(8-16)13-10-11(18)17(4-2)12(19)15-14-10/h9H,3-8H2,1-2H3,(H,13,14)(H,15,19)/t9-/m1/s1. The lowest BCUT2D eigenvalue weighted by Crippen LogP contribution is -2.44. The Balaban J connectivity index is 2.15. The fraction of sp³-hybridized carbons (Fsp3) is 0.750. The maximum Gasteiger partial charge on any atom is 0.344 e.